The maximum Gasteiger partial charge on any atom is 0.240 e. The highest BCUT2D eigenvalue weighted by Gasteiger charge is 2.38. The first kappa shape index (κ1) is 13.5. The molecule has 4 heteroatoms. The number of hydrogen-bond acceptors (Lipinski definition) is 3. The molecule has 1 amide bonds. The van der Waals surface area contributed by atoms with E-state index < -0.39 is 0 Å². The number of nitrogens with one attached hydrogen (secondary N) is 2. The van der Waals surface area contributed by atoms with Crippen LogP contribution in [0.5, 0.6) is 0 Å². The molecule has 0 aliphatic carbocycles. The minimum Gasteiger partial charge on any atom is -0.384 e. The standard InChI is InChI=1S/C12H24N2O2/c1-4-12(6-5-7-14-12)11(15)13-8-10(2)9-16-3/h10,14H,4-9H2,1-3H3,(H,13,15). The van der Waals surface area contributed by atoms with Gasteiger partial charge in [-0.15, -0.1) is 0 Å². The SMILES string of the molecule is CCC1(C(=O)NCC(C)COC)CCCN1. The summed E-state index contributed by atoms with van der Waals surface area (Å²) in [4.78, 5) is 12.1. The summed E-state index contributed by atoms with van der Waals surface area (Å²) in [5.41, 5.74) is -0.313. The van der Waals surface area contributed by atoms with E-state index in [4.69, 9.17) is 4.74 Å². The monoisotopic (exact) mass is 228 g/mol. The molecule has 94 valence electrons. The molecule has 0 aromatic rings. The molecule has 1 heterocycles. The van der Waals surface area contributed by atoms with Crippen LogP contribution in [0.3, 0.4) is 0 Å². The van der Waals surface area contributed by atoms with E-state index in [-0.39, 0.29) is 11.4 Å². The summed E-state index contributed by atoms with van der Waals surface area (Å²) in [6.45, 7) is 6.47. The maximum absolute atomic E-state index is 12.1. The van der Waals surface area contributed by atoms with Crippen molar-refractivity contribution in [3.05, 3.63) is 0 Å². The lowest BCUT2D eigenvalue weighted by atomic mass is 9.93. The topological polar surface area (TPSA) is 50.4 Å². The minimum absolute atomic E-state index is 0.149. The van der Waals surface area contributed by atoms with E-state index in [1.165, 1.54) is 0 Å². The second-order valence-electron chi connectivity index (χ2n) is 4.74. The van der Waals surface area contributed by atoms with Gasteiger partial charge < -0.3 is 15.4 Å². The summed E-state index contributed by atoms with van der Waals surface area (Å²) < 4.78 is 5.05. The molecule has 0 spiro atoms. The second kappa shape index (κ2) is 6.21. The fraction of sp³-hybridized carbons (Fsp3) is 0.917. The van der Waals surface area contributed by atoms with Gasteiger partial charge >= 0.3 is 0 Å². The van der Waals surface area contributed by atoms with Crippen molar-refractivity contribution in [2.75, 3.05) is 26.8 Å². The van der Waals surface area contributed by atoms with E-state index in [2.05, 4.69) is 24.5 Å². The van der Waals surface area contributed by atoms with E-state index in [9.17, 15) is 4.79 Å². The summed E-state index contributed by atoms with van der Waals surface area (Å²) in [6.07, 6.45) is 2.90. The van der Waals surface area contributed by atoms with Crippen LogP contribution in [0.2, 0.25) is 0 Å². The number of carbonyl (C=O) groups excluding carboxylic acids is 1. The first-order valence-electron chi connectivity index (χ1n) is 6.17. The van der Waals surface area contributed by atoms with Crippen molar-refractivity contribution in [1.29, 1.82) is 0 Å². The van der Waals surface area contributed by atoms with Gasteiger partial charge in [0.2, 0.25) is 5.91 Å². The molecule has 0 radical (unpaired) electrons. The van der Waals surface area contributed by atoms with Crippen molar-refractivity contribution in [3.8, 4) is 0 Å². The summed E-state index contributed by atoms with van der Waals surface area (Å²) in [5.74, 6) is 0.514. The van der Waals surface area contributed by atoms with Crippen LogP contribution in [0.25, 0.3) is 0 Å². The Morgan fingerprint density at radius 3 is 2.88 bits per heavy atom. The lowest BCUT2D eigenvalue weighted by Gasteiger charge is -2.27. The van der Waals surface area contributed by atoms with Crippen molar-refractivity contribution >= 4 is 5.91 Å². The van der Waals surface area contributed by atoms with Crippen LogP contribution in [0.1, 0.15) is 33.1 Å². The Morgan fingerprint density at radius 2 is 2.38 bits per heavy atom. The molecule has 0 aromatic carbocycles. The fourth-order valence-electron chi connectivity index (χ4n) is 2.24. The molecule has 2 atom stereocenters. The van der Waals surface area contributed by atoms with E-state index in [0.717, 1.165) is 25.8 Å². The third kappa shape index (κ3) is 3.19. The summed E-state index contributed by atoms with van der Waals surface area (Å²) in [6, 6.07) is 0. The molecular formula is C12H24N2O2. The minimum atomic E-state index is -0.313. The van der Waals surface area contributed by atoms with Gasteiger partial charge in [0.05, 0.1) is 12.1 Å². The molecule has 1 aliphatic rings. The zero-order chi connectivity index (χ0) is 12.0. The fourth-order valence-corrected chi connectivity index (χ4v) is 2.24. The van der Waals surface area contributed by atoms with E-state index >= 15 is 0 Å². The zero-order valence-electron chi connectivity index (χ0n) is 10.6. The third-order valence-corrected chi connectivity index (χ3v) is 3.34. The molecule has 4 nitrogen and oxygen atoms in total. The lowest BCUT2D eigenvalue weighted by Crippen LogP contribution is -2.53. The highest BCUT2D eigenvalue weighted by atomic mass is 16.5. The number of rotatable bonds is 6. The average Bonchev–Trinajstić information content (AvgIpc) is 2.76. The Kier molecular flexibility index (Phi) is 5.22. The van der Waals surface area contributed by atoms with Gasteiger partial charge in [-0.3, -0.25) is 4.79 Å². The van der Waals surface area contributed by atoms with Crippen molar-refractivity contribution < 1.29 is 9.53 Å². The summed E-state index contributed by atoms with van der Waals surface area (Å²) in [7, 11) is 1.68. The smallest absolute Gasteiger partial charge is 0.240 e. The van der Waals surface area contributed by atoms with E-state index in [1.807, 2.05) is 0 Å². The number of carbonyl (C=O) groups is 1. The average molecular weight is 228 g/mol. The lowest BCUT2D eigenvalue weighted by molar-refractivity contribution is -0.127. The van der Waals surface area contributed by atoms with E-state index in [0.29, 0.717) is 19.1 Å². The van der Waals surface area contributed by atoms with Crippen LogP contribution in [0.4, 0.5) is 0 Å². The zero-order valence-corrected chi connectivity index (χ0v) is 10.6. The molecule has 1 saturated heterocycles. The van der Waals surface area contributed by atoms with Gasteiger partial charge in [0.25, 0.3) is 0 Å². The van der Waals surface area contributed by atoms with Crippen LogP contribution in [0.15, 0.2) is 0 Å². The van der Waals surface area contributed by atoms with E-state index in [1.54, 1.807) is 7.11 Å². The Labute approximate surface area is 98.1 Å². The molecule has 1 aliphatic heterocycles. The summed E-state index contributed by atoms with van der Waals surface area (Å²) in [5, 5.41) is 6.35. The Morgan fingerprint density at radius 1 is 1.62 bits per heavy atom. The molecular weight excluding hydrogens is 204 g/mol. The molecule has 0 saturated carbocycles. The van der Waals surface area contributed by atoms with Crippen LogP contribution in [0, 0.1) is 5.92 Å². The van der Waals surface area contributed by atoms with Gasteiger partial charge in [0.1, 0.15) is 0 Å². The number of ether oxygens (including phenoxy) is 1. The quantitative estimate of drug-likeness (QED) is 0.710. The van der Waals surface area contributed by atoms with Gasteiger partial charge in [0, 0.05) is 13.7 Å². The molecule has 1 rings (SSSR count). The highest BCUT2D eigenvalue weighted by molar-refractivity contribution is 5.86. The van der Waals surface area contributed by atoms with Gasteiger partial charge in [-0.1, -0.05) is 13.8 Å². The van der Waals surface area contributed by atoms with Gasteiger partial charge in [-0.25, -0.2) is 0 Å². The largest absolute Gasteiger partial charge is 0.384 e. The van der Waals surface area contributed by atoms with Crippen molar-refractivity contribution in [2.45, 2.75) is 38.6 Å². The number of methoxy groups -OCH3 is 1. The Hall–Kier alpha value is -0.610. The first-order chi connectivity index (χ1) is 7.64. The van der Waals surface area contributed by atoms with Gasteiger partial charge in [-0.05, 0) is 31.7 Å². The Balaban J connectivity index is 2.38. The highest BCUT2D eigenvalue weighted by Crippen LogP contribution is 2.22. The molecule has 1 fully saturated rings. The van der Waals surface area contributed by atoms with Gasteiger partial charge in [-0.2, -0.15) is 0 Å². The second-order valence-corrected chi connectivity index (χ2v) is 4.74. The molecule has 2 unspecified atom stereocenters. The molecule has 0 aromatic heterocycles. The van der Waals surface area contributed by atoms with Crippen LogP contribution in [-0.2, 0) is 9.53 Å². The third-order valence-electron chi connectivity index (χ3n) is 3.34. The van der Waals surface area contributed by atoms with Crippen molar-refractivity contribution in [1.82, 2.24) is 10.6 Å². The maximum atomic E-state index is 12.1. The Bertz CT molecular complexity index is 225. The van der Waals surface area contributed by atoms with Crippen molar-refractivity contribution in [2.24, 2.45) is 5.92 Å². The number of hydrogen-bond donors (Lipinski definition) is 2. The predicted molar refractivity (Wildman–Crippen MR) is 64.3 cm³/mol. The normalized spacial score (nSPS) is 26.7. The molecule has 16 heavy (non-hydrogen) atoms. The number of amides is 1. The summed E-state index contributed by atoms with van der Waals surface area (Å²) >= 11 is 0. The van der Waals surface area contributed by atoms with Crippen LogP contribution < -0.4 is 10.6 Å². The first-order valence-corrected chi connectivity index (χ1v) is 6.17. The van der Waals surface area contributed by atoms with Crippen LogP contribution in [-0.4, -0.2) is 38.3 Å². The van der Waals surface area contributed by atoms with Crippen molar-refractivity contribution in [3.63, 3.8) is 0 Å². The molecule has 0 bridgehead atoms. The molecule has 2 N–H and O–H groups in total. The van der Waals surface area contributed by atoms with Crippen LogP contribution >= 0.6 is 0 Å². The predicted octanol–water partition coefficient (Wildman–Crippen LogP) is 0.917. The van der Waals surface area contributed by atoms with Gasteiger partial charge in [0.15, 0.2) is 0 Å².